The summed E-state index contributed by atoms with van der Waals surface area (Å²) in [4.78, 5) is 16.5. The molecule has 0 aliphatic carbocycles. The normalized spacial score (nSPS) is 10.5. The van der Waals surface area contributed by atoms with E-state index < -0.39 is 0 Å². The van der Waals surface area contributed by atoms with Gasteiger partial charge in [0.25, 0.3) is 0 Å². The summed E-state index contributed by atoms with van der Waals surface area (Å²) in [5.74, 6) is -0.306. The number of carbonyl (C=O) groups is 1. The molecule has 3 nitrogen and oxygen atoms in total. The first kappa shape index (κ1) is 17.9. The van der Waals surface area contributed by atoms with E-state index in [1.54, 1.807) is 12.4 Å². The molecule has 3 aromatic rings. The third kappa shape index (κ3) is 5.03. The van der Waals surface area contributed by atoms with Crippen molar-refractivity contribution >= 4 is 5.97 Å². The quantitative estimate of drug-likeness (QED) is 0.410. The highest BCUT2D eigenvalue weighted by Crippen LogP contribution is 2.23. The van der Waals surface area contributed by atoms with Crippen LogP contribution in [0, 0.1) is 0 Å². The summed E-state index contributed by atoms with van der Waals surface area (Å²) in [5.41, 5.74) is 3.72. The lowest BCUT2D eigenvalue weighted by atomic mass is 10.0. The number of benzene rings is 2. The van der Waals surface area contributed by atoms with Gasteiger partial charge in [-0.15, -0.1) is 0 Å². The van der Waals surface area contributed by atoms with Gasteiger partial charge < -0.3 is 4.74 Å². The molecular weight excluding hydrogens is 322 g/mol. The Balaban J connectivity index is 1.47. The smallest absolute Gasteiger partial charge is 0.340 e. The molecule has 0 aliphatic rings. The van der Waals surface area contributed by atoms with E-state index in [-0.39, 0.29) is 5.97 Å². The molecule has 0 saturated carbocycles. The van der Waals surface area contributed by atoms with Gasteiger partial charge in [-0.1, -0.05) is 60.7 Å². The van der Waals surface area contributed by atoms with E-state index in [0.29, 0.717) is 12.2 Å². The van der Waals surface area contributed by atoms with Crippen LogP contribution in [-0.4, -0.2) is 17.6 Å². The van der Waals surface area contributed by atoms with Gasteiger partial charge in [0, 0.05) is 12.4 Å². The summed E-state index contributed by atoms with van der Waals surface area (Å²) in [6, 6.07) is 22.1. The van der Waals surface area contributed by atoms with E-state index >= 15 is 0 Å². The topological polar surface area (TPSA) is 39.2 Å². The summed E-state index contributed by atoms with van der Waals surface area (Å²) in [5, 5.41) is 0. The third-order valence-electron chi connectivity index (χ3n) is 4.31. The predicted octanol–water partition coefficient (Wildman–Crippen LogP) is 5.32. The Bertz CT molecular complexity index is 816. The number of rotatable bonds is 8. The van der Waals surface area contributed by atoms with Crippen LogP contribution in [0.25, 0.3) is 11.1 Å². The number of hydrogen-bond donors (Lipinski definition) is 0. The SMILES string of the molecule is O=C(OCCCCCc1ccccc1)c1cnccc1-c1ccccc1. The highest BCUT2D eigenvalue weighted by Gasteiger charge is 2.14. The van der Waals surface area contributed by atoms with Crippen LogP contribution in [0.4, 0.5) is 0 Å². The first-order valence-electron chi connectivity index (χ1n) is 9.05. The van der Waals surface area contributed by atoms with Crippen LogP contribution in [0.1, 0.15) is 35.2 Å². The standard InChI is InChI=1S/C23H23NO2/c25-23(26-17-9-3-6-12-19-10-4-1-5-11-19)22-18-24-16-15-21(22)20-13-7-2-8-14-20/h1-2,4-5,7-8,10-11,13-16,18H,3,6,9,12,17H2. The van der Waals surface area contributed by atoms with Gasteiger partial charge in [0.1, 0.15) is 0 Å². The van der Waals surface area contributed by atoms with Crippen LogP contribution < -0.4 is 0 Å². The fourth-order valence-corrected chi connectivity index (χ4v) is 2.92. The lowest BCUT2D eigenvalue weighted by Crippen LogP contribution is -2.08. The fourth-order valence-electron chi connectivity index (χ4n) is 2.92. The van der Waals surface area contributed by atoms with E-state index in [1.165, 1.54) is 5.56 Å². The molecular formula is C23H23NO2. The lowest BCUT2D eigenvalue weighted by Gasteiger charge is -2.09. The molecule has 0 unspecified atom stereocenters. The highest BCUT2D eigenvalue weighted by atomic mass is 16.5. The van der Waals surface area contributed by atoms with Crippen molar-refractivity contribution in [3.05, 3.63) is 90.3 Å². The van der Waals surface area contributed by atoms with E-state index in [9.17, 15) is 4.79 Å². The fraction of sp³-hybridized carbons (Fsp3) is 0.217. The molecule has 0 atom stereocenters. The number of unbranched alkanes of at least 4 members (excludes halogenated alkanes) is 2. The molecule has 0 saturated heterocycles. The molecule has 26 heavy (non-hydrogen) atoms. The number of carbonyl (C=O) groups excluding carboxylic acids is 1. The Morgan fingerprint density at radius 3 is 2.35 bits per heavy atom. The molecule has 1 aromatic heterocycles. The average Bonchev–Trinajstić information content (AvgIpc) is 2.72. The van der Waals surface area contributed by atoms with Crippen molar-refractivity contribution in [2.24, 2.45) is 0 Å². The van der Waals surface area contributed by atoms with Crippen molar-refractivity contribution in [3.8, 4) is 11.1 Å². The Morgan fingerprint density at radius 1 is 0.846 bits per heavy atom. The van der Waals surface area contributed by atoms with Gasteiger partial charge in [-0.25, -0.2) is 4.79 Å². The van der Waals surface area contributed by atoms with Crippen LogP contribution in [-0.2, 0) is 11.2 Å². The van der Waals surface area contributed by atoms with E-state index in [2.05, 4.69) is 29.2 Å². The van der Waals surface area contributed by atoms with E-state index in [4.69, 9.17) is 4.74 Å². The predicted molar refractivity (Wildman–Crippen MR) is 104 cm³/mol. The van der Waals surface area contributed by atoms with Crippen molar-refractivity contribution in [3.63, 3.8) is 0 Å². The Kier molecular flexibility index (Phi) is 6.54. The van der Waals surface area contributed by atoms with Crippen LogP contribution in [0.3, 0.4) is 0 Å². The van der Waals surface area contributed by atoms with Gasteiger partial charge in [0.15, 0.2) is 0 Å². The van der Waals surface area contributed by atoms with Gasteiger partial charge >= 0.3 is 5.97 Å². The van der Waals surface area contributed by atoms with Crippen molar-refractivity contribution in [2.45, 2.75) is 25.7 Å². The van der Waals surface area contributed by atoms with Crippen molar-refractivity contribution < 1.29 is 9.53 Å². The zero-order valence-electron chi connectivity index (χ0n) is 14.8. The molecule has 0 aliphatic heterocycles. The van der Waals surface area contributed by atoms with Crippen LogP contribution in [0.15, 0.2) is 79.1 Å². The molecule has 2 aromatic carbocycles. The lowest BCUT2D eigenvalue weighted by molar-refractivity contribution is 0.0498. The largest absolute Gasteiger partial charge is 0.462 e. The molecule has 0 amide bonds. The second-order valence-electron chi connectivity index (χ2n) is 6.22. The zero-order valence-corrected chi connectivity index (χ0v) is 14.8. The molecule has 1 heterocycles. The first-order valence-corrected chi connectivity index (χ1v) is 9.05. The van der Waals surface area contributed by atoms with Crippen molar-refractivity contribution in [1.82, 2.24) is 4.98 Å². The molecule has 0 N–H and O–H groups in total. The monoisotopic (exact) mass is 345 g/mol. The van der Waals surface area contributed by atoms with Gasteiger partial charge in [-0.3, -0.25) is 4.98 Å². The maximum atomic E-state index is 12.4. The molecule has 0 radical (unpaired) electrons. The summed E-state index contributed by atoms with van der Waals surface area (Å²) in [6.07, 6.45) is 7.36. The number of esters is 1. The Morgan fingerprint density at radius 2 is 1.58 bits per heavy atom. The average molecular weight is 345 g/mol. The minimum atomic E-state index is -0.306. The second kappa shape index (κ2) is 9.52. The van der Waals surface area contributed by atoms with Crippen LogP contribution in [0.5, 0.6) is 0 Å². The summed E-state index contributed by atoms with van der Waals surface area (Å²) >= 11 is 0. The number of nitrogens with zero attached hydrogens (tertiary/aromatic N) is 1. The Labute approximate surface area is 154 Å². The Hall–Kier alpha value is -2.94. The molecule has 3 heteroatoms. The van der Waals surface area contributed by atoms with Gasteiger partial charge in [-0.2, -0.15) is 0 Å². The molecule has 132 valence electrons. The second-order valence-corrected chi connectivity index (χ2v) is 6.22. The first-order chi connectivity index (χ1) is 12.8. The summed E-state index contributed by atoms with van der Waals surface area (Å²) in [6.45, 7) is 0.441. The van der Waals surface area contributed by atoms with E-state index in [1.807, 2.05) is 42.5 Å². The highest BCUT2D eigenvalue weighted by molar-refractivity contribution is 5.96. The summed E-state index contributed by atoms with van der Waals surface area (Å²) < 4.78 is 5.46. The van der Waals surface area contributed by atoms with Gasteiger partial charge in [0.05, 0.1) is 12.2 Å². The van der Waals surface area contributed by atoms with Gasteiger partial charge in [0.2, 0.25) is 0 Å². The van der Waals surface area contributed by atoms with Crippen LogP contribution in [0.2, 0.25) is 0 Å². The number of hydrogen-bond acceptors (Lipinski definition) is 3. The molecule has 0 spiro atoms. The van der Waals surface area contributed by atoms with Crippen molar-refractivity contribution in [1.29, 1.82) is 0 Å². The minimum absolute atomic E-state index is 0.306. The minimum Gasteiger partial charge on any atom is -0.462 e. The maximum absolute atomic E-state index is 12.4. The summed E-state index contributed by atoms with van der Waals surface area (Å²) in [7, 11) is 0. The van der Waals surface area contributed by atoms with E-state index in [0.717, 1.165) is 36.8 Å². The van der Waals surface area contributed by atoms with Crippen LogP contribution >= 0.6 is 0 Å². The molecule has 0 bridgehead atoms. The molecule has 0 fully saturated rings. The number of pyridine rings is 1. The third-order valence-corrected chi connectivity index (χ3v) is 4.31. The maximum Gasteiger partial charge on any atom is 0.340 e. The zero-order chi connectivity index (χ0) is 18.0. The number of aromatic nitrogens is 1. The van der Waals surface area contributed by atoms with Crippen molar-refractivity contribution in [2.75, 3.05) is 6.61 Å². The number of ether oxygens (including phenoxy) is 1. The molecule has 3 rings (SSSR count). The van der Waals surface area contributed by atoms with Gasteiger partial charge in [-0.05, 0) is 48.4 Å². The number of aryl methyl sites for hydroxylation is 1.